The molecule has 0 aromatic carbocycles. The SMILES string of the molecule is N[C@@H](CC1CCN(I)CC1)C(=O)O. The zero-order valence-electron chi connectivity index (χ0n) is 7.45. The first-order chi connectivity index (χ1) is 6.09. The highest BCUT2D eigenvalue weighted by Gasteiger charge is 2.22. The number of rotatable bonds is 3. The second-order valence-electron chi connectivity index (χ2n) is 3.53. The van der Waals surface area contributed by atoms with Gasteiger partial charge in [-0.05, 0) is 25.2 Å². The van der Waals surface area contributed by atoms with Gasteiger partial charge in [-0.15, -0.1) is 0 Å². The average Bonchev–Trinajstić information content (AvgIpc) is 2.08. The van der Waals surface area contributed by atoms with Crippen molar-refractivity contribution in [3.8, 4) is 0 Å². The van der Waals surface area contributed by atoms with Gasteiger partial charge in [0, 0.05) is 36.0 Å². The number of aliphatic carboxylic acids is 1. The third kappa shape index (κ3) is 3.78. The Hall–Kier alpha value is 0.120. The van der Waals surface area contributed by atoms with E-state index < -0.39 is 12.0 Å². The summed E-state index contributed by atoms with van der Waals surface area (Å²) in [5.74, 6) is -0.381. The molecule has 0 saturated carbocycles. The third-order valence-corrected chi connectivity index (χ3v) is 3.43. The second-order valence-corrected chi connectivity index (χ2v) is 4.90. The van der Waals surface area contributed by atoms with E-state index in [4.69, 9.17) is 10.8 Å². The monoisotopic (exact) mass is 298 g/mol. The normalized spacial score (nSPS) is 22.9. The summed E-state index contributed by atoms with van der Waals surface area (Å²) in [7, 11) is 0. The Kier molecular flexibility index (Phi) is 4.40. The predicted octanol–water partition coefficient (Wildman–Crippen LogP) is 0.850. The van der Waals surface area contributed by atoms with E-state index in [2.05, 4.69) is 26.0 Å². The number of hydrogen-bond acceptors (Lipinski definition) is 3. The van der Waals surface area contributed by atoms with Crippen molar-refractivity contribution in [3.63, 3.8) is 0 Å². The maximum atomic E-state index is 10.5. The lowest BCUT2D eigenvalue weighted by Gasteiger charge is -2.28. The molecule has 0 amide bonds. The predicted molar refractivity (Wildman–Crippen MR) is 58.5 cm³/mol. The molecule has 1 saturated heterocycles. The molecule has 0 aromatic rings. The van der Waals surface area contributed by atoms with E-state index in [0.717, 1.165) is 25.9 Å². The lowest BCUT2D eigenvalue weighted by molar-refractivity contribution is -0.139. The van der Waals surface area contributed by atoms with Crippen LogP contribution in [-0.2, 0) is 4.79 Å². The highest BCUT2D eigenvalue weighted by atomic mass is 127. The molecular formula is C8H15IN2O2. The van der Waals surface area contributed by atoms with Crippen molar-refractivity contribution in [2.45, 2.75) is 25.3 Å². The molecule has 0 bridgehead atoms. The molecule has 1 heterocycles. The van der Waals surface area contributed by atoms with Gasteiger partial charge in [0.2, 0.25) is 0 Å². The fourth-order valence-corrected chi connectivity index (χ4v) is 2.15. The van der Waals surface area contributed by atoms with Crippen LogP contribution < -0.4 is 5.73 Å². The number of carboxylic acid groups (broad SMARTS) is 1. The summed E-state index contributed by atoms with van der Waals surface area (Å²) >= 11 is 2.30. The van der Waals surface area contributed by atoms with Gasteiger partial charge < -0.3 is 10.8 Å². The topological polar surface area (TPSA) is 66.6 Å². The molecule has 0 unspecified atom stereocenters. The van der Waals surface area contributed by atoms with Crippen LogP contribution in [0.3, 0.4) is 0 Å². The van der Waals surface area contributed by atoms with E-state index in [1.54, 1.807) is 0 Å². The molecule has 0 aliphatic carbocycles. The number of nitrogens with two attached hydrogens (primary N) is 1. The zero-order chi connectivity index (χ0) is 9.84. The number of carbonyl (C=O) groups is 1. The summed E-state index contributed by atoms with van der Waals surface area (Å²) in [6.07, 6.45) is 2.77. The van der Waals surface area contributed by atoms with Gasteiger partial charge in [0.05, 0.1) is 0 Å². The summed E-state index contributed by atoms with van der Waals surface area (Å²) in [6, 6.07) is -0.675. The Balaban J connectivity index is 2.26. The van der Waals surface area contributed by atoms with Crippen molar-refractivity contribution in [1.29, 1.82) is 0 Å². The van der Waals surface area contributed by atoms with Crippen LogP contribution in [0.25, 0.3) is 0 Å². The van der Waals surface area contributed by atoms with Crippen LogP contribution in [0.2, 0.25) is 0 Å². The van der Waals surface area contributed by atoms with Crippen molar-refractivity contribution in [2.24, 2.45) is 11.7 Å². The molecule has 0 spiro atoms. The number of nitrogens with zero attached hydrogens (tertiary/aromatic N) is 1. The van der Waals surface area contributed by atoms with Gasteiger partial charge in [0.25, 0.3) is 0 Å². The Morgan fingerprint density at radius 3 is 2.62 bits per heavy atom. The Labute approximate surface area is 92.0 Å². The number of halogens is 1. The molecule has 1 aliphatic rings. The molecule has 0 aromatic heterocycles. The molecular weight excluding hydrogens is 283 g/mol. The lowest BCUT2D eigenvalue weighted by Crippen LogP contribution is -2.35. The molecule has 3 N–H and O–H groups in total. The minimum atomic E-state index is -0.878. The maximum Gasteiger partial charge on any atom is 0.320 e. The lowest BCUT2D eigenvalue weighted by atomic mass is 9.91. The van der Waals surface area contributed by atoms with Crippen molar-refractivity contribution < 1.29 is 9.90 Å². The first kappa shape index (κ1) is 11.2. The smallest absolute Gasteiger partial charge is 0.320 e. The fourth-order valence-electron chi connectivity index (χ4n) is 1.60. The standard InChI is InChI=1S/C8H15IN2O2/c9-11-3-1-6(2-4-11)5-7(10)8(12)13/h6-7H,1-5,10H2,(H,12,13)/t7-/m0/s1. The number of piperidine rings is 1. The van der Waals surface area contributed by atoms with Gasteiger partial charge in [0.15, 0.2) is 0 Å². The van der Waals surface area contributed by atoms with E-state index in [9.17, 15) is 4.79 Å². The van der Waals surface area contributed by atoms with Crippen LogP contribution in [0, 0.1) is 5.92 Å². The van der Waals surface area contributed by atoms with Crippen LogP contribution in [0.1, 0.15) is 19.3 Å². The Morgan fingerprint density at radius 1 is 1.62 bits per heavy atom. The van der Waals surface area contributed by atoms with Crippen LogP contribution in [0.4, 0.5) is 0 Å². The molecule has 5 heteroatoms. The summed E-state index contributed by atoms with van der Waals surface area (Å²) < 4.78 is 2.24. The first-order valence-electron chi connectivity index (χ1n) is 4.48. The van der Waals surface area contributed by atoms with Gasteiger partial charge in [-0.3, -0.25) is 4.79 Å². The van der Waals surface area contributed by atoms with E-state index >= 15 is 0 Å². The quantitative estimate of drug-likeness (QED) is 0.599. The largest absolute Gasteiger partial charge is 0.480 e. The van der Waals surface area contributed by atoms with Gasteiger partial charge in [0.1, 0.15) is 6.04 Å². The highest BCUT2D eigenvalue weighted by molar-refractivity contribution is 14.1. The molecule has 0 radical (unpaired) electrons. The van der Waals surface area contributed by atoms with Gasteiger partial charge in [-0.2, -0.15) is 0 Å². The van der Waals surface area contributed by atoms with Gasteiger partial charge in [-0.1, -0.05) is 0 Å². The Bertz CT molecular complexity index is 181. The summed E-state index contributed by atoms with van der Waals surface area (Å²) in [6.45, 7) is 2.11. The summed E-state index contributed by atoms with van der Waals surface area (Å²) in [4.78, 5) is 10.5. The fraction of sp³-hybridized carbons (Fsp3) is 0.875. The highest BCUT2D eigenvalue weighted by Crippen LogP contribution is 2.23. The zero-order valence-corrected chi connectivity index (χ0v) is 9.61. The first-order valence-corrected chi connectivity index (χ1v) is 5.45. The van der Waals surface area contributed by atoms with Crippen LogP contribution in [-0.4, -0.2) is 33.3 Å². The number of hydrogen-bond donors (Lipinski definition) is 2. The molecule has 76 valence electrons. The number of carboxylic acids is 1. The van der Waals surface area contributed by atoms with Gasteiger partial charge in [-0.25, -0.2) is 3.11 Å². The minimum absolute atomic E-state index is 0.497. The Morgan fingerprint density at radius 2 is 2.15 bits per heavy atom. The molecule has 4 nitrogen and oxygen atoms in total. The molecule has 1 aliphatic heterocycles. The molecule has 13 heavy (non-hydrogen) atoms. The van der Waals surface area contributed by atoms with Gasteiger partial charge >= 0.3 is 5.97 Å². The van der Waals surface area contributed by atoms with E-state index in [0.29, 0.717) is 12.3 Å². The van der Waals surface area contributed by atoms with Crippen LogP contribution in [0.5, 0.6) is 0 Å². The van der Waals surface area contributed by atoms with Crippen molar-refractivity contribution in [2.75, 3.05) is 13.1 Å². The summed E-state index contributed by atoms with van der Waals surface area (Å²) in [5.41, 5.74) is 5.47. The van der Waals surface area contributed by atoms with Crippen molar-refractivity contribution >= 4 is 28.8 Å². The van der Waals surface area contributed by atoms with Crippen molar-refractivity contribution in [1.82, 2.24) is 3.11 Å². The van der Waals surface area contributed by atoms with E-state index in [-0.39, 0.29) is 0 Å². The van der Waals surface area contributed by atoms with Crippen LogP contribution >= 0.6 is 22.9 Å². The summed E-state index contributed by atoms with van der Waals surface area (Å²) in [5, 5.41) is 8.63. The van der Waals surface area contributed by atoms with Crippen LogP contribution in [0.15, 0.2) is 0 Å². The minimum Gasteiger partial charge on any atom is -0.480 e. The molecule has 1 atom stereocenters. The van der Waals surface area contributed by atoms with Crippen molar-refractivity contribution in [3.05, 3.63) is 0 Å². The maximum absolute atomic E-state index is 10.5. The van der Waals surface area contributed by atoms with E-state index in [1.807, 2.05) is 0 Å². The molecule has 1 rings (SSSR count). The second kappa shape index (κ2) is 5.11. The van der Waals surface area contributed by atoms with E-state index in [1.165, 1.54) is 0 Å². The average molecular weight is 298 g/mol. The molecule has 1 fully saturated rings. The third-order valence-electron chi connectivity index (χ3n) is 2.46.